The fourth-order valence-corrected chi connectivity index (χ4v) is 3.62. The van der Waals surface area contributed by atoms with E-state index >= 15 is 0 Å². The Bertz CT molecular complexity index is 900. The summed E-state index contributed by atoms with van der Waals surface area (Å²) in [4.78, 5) is 15.1. The topological polar surface area (TPSA) is 50.2 Å². The molecule has 2 aliphatic rings. The van der Waals surface area contributed by atoms with Crippen molar-refractivity contribution in [3.8, 4) is 5.69 Å². The van der Waals surface area contributed by atoms with Gasteiger partial charge < -0.3 is 5.32 Å². The summed E-state index contributed by atoms with van der Waals surface area (Å²) in [5.41, 5.74) is 0.744. The van der Waals surface area contributed by atoms with E-state index in [1.807, 2.05) is 0 Å². The number of hydrogen-bond acceptors (Lipinski definition) is 3. The summed E-state index contributed by atoms with van der Waals surface area (Å²) in [5, 5.41) is 7.24. The van der Waals surface area contributed by atoms with Gasteiger partial charge in [0.05, 0.1) is 28.7 Å². The number of nitrogens with zero attached hydrogens (tertiary/aromatic N) is 3. The number of carbonyl (C=O) groups excluding carboxylic acids is 1. The molecule has 5 nitrogen and oxygen atoms in total. The van der Waals surface area contributed by atoms with Crippen LogP contribution in [0, 0.1) is 0 Å². The molecule has 1 amide bonds. The van der Waals surface area contributed by atoms with Crippen molar-refractivity contribution in [3.05, 3.63) is 47.3 Å². The highest BCUT2D eigenvalue weighted by Crippen LogP contribution is 2.43. The summed E-state index contributed by atoms with van der Waals surface area (Å²) >= 11 is 0. The Kier molecular flexibility index (Phi) is 5.14. The van der Waals surface area contributed by atoms with E-state index in [1.165, 1.54) is 29.8 Å². The minimum absolute atomic E-state index is 0.152. The zero-order valence-corrected chi connectivity index (χ0v) is 16.5. The van der Waals surface area contributed by atoms with Crippen LogP contribution in [0.5, 0.6) is 0 Å². The molecule has 1 atom stereocenters. The van der Waals surface area contributed by atoms with Crippen molar-refractivity contribution in [2.75, 3.05) is 13.6 Å². The lowest BCUT2D eigenvalue weighted by Crippen LogP contribution is -2.41. The van der Waals surface area contributed by atoms with E-state index in [0.29, 0.717) is 29.5 Å². The van der Waals surface area contributed by atoms with Crippen LogP contribution < -0.4 is 5.32 Å². The molecule has 0 aliphatic heterocycles. The van der Waals surface area contributed by atoms with Gasteiger partial charge in [0, 0.05) is 24.5 Å². The number of halogens is 3. The van der Waals surface area contributed by atoms with Gasteiger partial charge in [0.2, 0.25) is 0 Å². The Hall–Kier alpha value is -2.35. The Morgan fingerprint density at radius 1 is 1.31 bits per heavy atom. The number of likely N-dealkylation sites (N-methyl/N-ethyl adjacent to an activating group) is 1. The first-order chi connectivity index (χ1) is 13.8. The summed E-state index contributed by atoms with van der Waals surface area (Å²) in [7, 11) is 2.07. The number of carbonyl (C=O) groups is 1. The first-order valence-corrected chi connectivity index (χ1v) is 10.0. The maximum absolute atomic E-state index is 13.1. The first kappa shape index (κ1) is 19.9. The molecule has 8 heteroatoms. The quantitative estimate of drug-likeness (QED) is 0.757. The first-order valence-electron chi connectivity index (χ1n) is 10.0. The maximum atomic E-state index is 13.1. The van der Waals surface area contributed by atoms with Gasteiger partial charge in [0.25, 0.3) is 5.91 Å². The third-order valence-electron chi connectivity index (χ3n) is 5.81. The fourth-order valence-electron chi connectivity index (χ4n) is 3.62. The molecule has 1 aromatic heterocycles. The lowest BCUT2D eigenvalue weighted by atomic mass is 10.1. The number of aromatic nitrogens is 2. The second-order valence-electron chi connectivity index (χ2n) is 8.13. The average Bonchev–Trinajstić information content (AvgIpc) is 3.62. The van der Waals surface area contributed by atoms with Crippen molar-refractivity contribution >= 4 is 5.91 Å². The van der Waals surface area contributed by atoms with Gasteiger partial charge in [-0.3, -0.25) is 9.69 Å². The minimum atomic E-state index is -4.42. The van der Waals surface area contributed by atoms with Gasteiger partial charge in [0.1, 0.15) is 0 Å². The minimum Gasteiger partial charge on any atom is -0.350 e. The van der Waals surface area contributed by atoms with E-state index in [0.717, 1.165) is 25.0 Å². The smallest absolute Gasteiger partial charge is 0.350 e. The SMILES string of the molecule is CC(CNC(=O)c1cnn(-c2cccc(C(F)(F)F)c2)c1C1CC1)N(C)C1CC1. The van der Waals surface area contributed by atoms with Crippen LogP contribution in [0.3, 0.4) is 0 Å². The third-order valence-corrected chi connectivity index (χ3v) is 5.81. The van der Waals surface area contributed by atoms with Crippen molar-refractivity contribution in [3.63, 3.8) is 0 Å². The molecule has 29 heavy (non-hydrogen) atoms. The van der Waals surface area contributed by atoms with Crippen LogP contribution >= 0.6 is 0 Å². The van der Waals surface area contributed by atoms with Crippen molar-refractivity contribution in [2.24, 2.45) is 0 Å². The number of benzene rings is 1. The monoisotopic (exact) mass is 406 g/mol. The molecule has 2 aromatic rings. The molecular weight excluding hydrogens is 381 g/mol. The Morgan fingerprint density at radius 2 is 2.03 bits per heavy atom. The average molecular weight is 406 g/mol. The highest BCUT2D eigenvalue weighted by atomic mass is 19.4. The number of amides is 1. The lowest BCUT2D eigenvalue weighted by molar-refractivity contribution is -0.137. The summed E-state index contributed by atoms with van der Waals surface area (Å²) in [5.74, 6) is -0.0690. The second kappa shape index (κ2) is 7.48. The maximum Gasteiger partial charge on any atom is 0.416 e. The van der Waals surface area contributed by atoms with E-state index in [-0.39, 0.29) is 17.9 Å². The molecular formula is C21H25F3N4O. The Balaban J connectivity index is 1.55. The van der Waals surface area contributed by atoms with Gasteiger partial charge in [-0.05, 0) is 57.9 Å². The normalized spacial score (nSPS) is 18.1. The van der Waals surface area contributed by atoms with Gasteiger partial charge in [-0.25, -0.2) is 4.68 Å². The molecule has 2 saturated carbocycles. The number of nitrogens with one attached hydrogen (secondary N) is 1. The molecule has 0 bridgehead atoms. The number of hydrogen-bond donors (Lipinski definition) is 1. The van der Waals surface area contributed by atoms with Crippen LogP contribution in [0.1, 0.15) is 60.1 Å². The largest absolute Gasteiger partial charge is 0.416 e. The van der Waals surface area contributed by atoms with Crippen molar-refractivity contribution in [2.45, 2.75) is 56.8 Å². The molecule has 0 saturated heterocycles. The molecule has 156 valence electrons. The van der Waals surface area contributed by atoms with Crippen LogP contribution in [-0.2, 0) is 6.18 Å². The summed E-state index contributed by atoms with van der Waals surface area (Å²) < 4.78 is 40.8. The molecule has 2 fully saturated rings. The molecule has 1 N–H and O–H groups in total. The highest BCUT2D eigenvalue weighted by Gasteiger charge is 2.35. The van der Waals surface area contributed by atoms with Crippen LogP contribution in [0.25, 0.3) is 5.69 Å². The lowest BCUT2D eigenvalue weighted by Gasteiger charge is -2.24. The van der Waals surface area contributed by atoms with Gasteiger partial charge in [-0.1, -0.05) is 6.07 Å². The predicted molar refractivity (Wildman–Crippen MR) is 103 cm³/mol. The number of alkyl halides is 3. The van der Waals surface area contributed by atoms with E-state index in [2.05, 4.69) is 29.3 Å². The number of rotatable bonds is 7. The van der Waals surface area contributed by atoms with E-state index in [4.69, 9.17) is 0 Å². The van der Waals surface area contributed by atoms with Gasteiger partial charge >= 0.3 is 6.18 Å². The summed E-state index contributed by atoms with van der Waals surface area (Å²) in [6.45, 7) is 2.59. The van der Waals surface area contributed by atoms with Gasteiger partial charge in [0.15, 0.2) is 0 Å². The highest BCUT2D eigenvalue weighted by molar-refractivity contribution is 5.95. The van der Waals surface area contributed by atoms with Crippen LogP contribution in [-0.4, -0.2) is 46.3 Å². The van der Waals surface area contributed by atoms with Gasteiger partial charge in [-0.2, -0.15) is 18.3 Å². The fraction of sp³-hybridized carbons (Fsp3) is 0.524. The molecule has 1 heterocycles. The van der Waals surface area contributed by atoms with E-state index in [1.54, 1.807) is 6.07 Å². The molecule has 1 aromatic carbocycles. The van der Waals surface area contributed by atoms with Crippen molar-refractivity contribution in [1.29, 1.82) is 0 Å². The molecule has 4 rings (SSSR count). The van der Waals surface area contributed by atoms with Crippen molar-refractivity contribution < 1.29 is 18.0 Å². The van der Waals surface area contributed by atoms with E-state index < -0.39 is 11.7 Å². The van der Waals surface area contributed by atoms with Crippen LogP contribution in [0.4, 0.5) is 13.2 Å². The zero-order valence-electron chi connectivity index (χ0n) is 16.5. The second-order valence-corrected chi connectivity index (χ2v) is 8.13. The Morgan fingerprint density at radius 3 is 2.66 bits per heavy atom. The van der Waals surface area contributed by atoms with E-state index in [9.17, 15) is 18.0 Å². The van der Waals surface area contributed by atoms with Crippen LogP contribution in [0.15, 0.2) is 30.5 Å². The zero-order chi connectivity index (χ0) is 20.8. The molecule has 1 unspecified atom stereocenters. The van der Waals surface area contributed by atoms with Crippen LogP contribution in [0.2, 0.25) is 0 Å². The Labute approximate surface area is 167 Å². The van der Waals surface area contributed by atoms with Crippen molar-refractivity contribution in [1.82, 2.24) is 20.0 Å². The molecule has 0 spiro atoms. The standard InChI is InChI=1S/C21H25F3N4O/c1-13(27(2)16-8-9-16)11-25-20(29)18-12-26-28(19(18)14-6-7-14)17-5-3-4-15(10-17)21(22,23)24/h3-5,10,12-14,16H,6-9,11H2,1-2H3,(H,25,29). The molecule has 0 radical (unpaired) electrons. The predicted octanol–water partition coefficient (Wildman–Crippen LogP) is 3.98. The third kappa shape index (κ3) is 4.32. The molecule has 2 aliphatic carbocycles. The summed E-state index contributed by atoms with van der Waals surface area (Å²) in [6, 6.07) is 5.89. The van der Waals surface area contributed by atoms with Gasteiger partial charge in [-0.15, -0.1) is 0 Å². The summed E-state index contributed by atoms with van der Waals surface area (Å²) in [6.07, 6.45) is 1.26.